The summed E-state index contributed by atoms with van der Waals surface area (Å²) in [6.45, 7) is 0.0542. The number of alkyl halides is 3. The van der Waals surface area contributed by atoms with Gasteiger partial charge in [0.05, 0.1) is 17.8 Å². The van der Waals surface area contributed by atoms with E-state index in [4.69, 9.17) is 11.6 Å². The molecule has 3 heterocycles. The molecule has 0 radical (unpaired) electrons. The van der Waals surface area contributed by atoms with Gasteiger partial charge in [-0.25, -0.2) is 19.1 Å². The Labute approximate surface area is 231 Å². The van der Waals surface area contributed by atoms with Crippen LogP contribution in [0.1, 0.15) is 35.4 Å². The van der Waals surface area contributed by atoms with Crippen molar-refractivity contribution in [1.82, 2.24) is 34.0 Å². The average molecular weight is 576 g/mol. The molecule has 1 saturated heterocycles. The number of benzene rings is 2. The number of nitrogens with zero attached hydrogens (tertiary/aromatic N) is 7. The Morgan fingerprint density at radius 1 is 1.02 bits per heavy atom. The van der Waals surface area contributed by atoms with Crippen molar-refractivity contribution in [2.75, 3.05) is 13.1 Å². The third kappa shape index (κ3) is 5.80. The molecular weight excluding hydrogens is 551 g/mol. The van der Waals surface area contributed by atoms with Gasteiger partial charge in [0.1, 0.15) is 12.9 Å². The molecule has 0 unspecified atom stereocenters. The number of aliphatic hydroxyl groups is 1. The van der Waals surface area contributed by atoms with Crippen LogP contribution in [0.4, 0.5) is 13.2 Å². The van der Waals surface area contributed by atoms with Gasteiger partial charge in [0.25, 0.3) is 5.91 Å². The monoisotopic (exact) mass is 575 g/mol. The topological polar surface area (TPSA) is 111 Å². The largest absolute Gasteiger partial charge is 0.416 e. The molecule has 1 atom stereocenters. The Hall–Kier alpha value is -3.97. The van der Waals surface area contributed by atoms with Crippen LogP contribution >= 0.6 is 11.6 Å². The fourth-order valence-electron chi connectivity index (χ4n) is 4.54. The highest BCUT2D eigenvalue weighted by Crippen LogP contribution is 2.24. The van der Waals surface area contributed by atoms with Crippen LogP contribution in [0.15, 0.2) is 59.7 Å². The summed E-state index contributed by atoms with van der Waals surface area (Å²) in [5, 5.41) is 18.7. The van der Waals surface area contributed by atoms with E-state index < -0.39 is 24.5 Å². The Balaban J connectivity index is 1.45. The molecule has 0 bridgehead atoms. The van der Waals surface area contributed by atoms with E-state index in [0.29, 0.717) is 34.9 Å². The van der Waals surface area contributed by atoms with Crippen LogP contribution < -0.4 is 5.69 Å². The minimum atomic E-state index is -4.93. The standard InChI is InChI=1S/C26H25ClF3N7O3/c27-18-10-8-17(9-11-18)23-33-36(25(40)35(23)14-21(38)26(28,29)30)15-22-31-16-37(32-22)20-7-3-2-6-19(20)24(39)34-12-4-1-5-13-34/h2-3,6-11,16,21,38H,1,4-5,12-15H2/t21-/m0/s1. The molecule has 0 aliphatic carbocycles. The van der Waals surface area contributed by atoms with E-state index in [9.17, 15) is 27.9 Å². The molecule has 40 heavy (non-hydrogen) atoms. The number of halogens is 4. The maximum Gasteiger partial charge on any atom is 0.416 e. The van der Waals surface area contributed by atoms with Crippen LogP contribution in [0, 0.1) is 0 Å². The summed E-state index contributed by atoms with van der Waals surface area (Å²) in [7, 11) is 0. The summed E-state index contributed by atoms with van der Waals surface area (Å²) in [5.74, 6) is -0.0500. The van der Waals surface area contributed by atoms with Gasteiger partial charge >= 0.3 is 11.9 Å². The fourth-order valence-corrected chi connectivity index (χ4v) is 4.66. The van der Waals surface area contributed by atoms with Crippen molar-refractivity contribution in [2.24, 2.45) is 0 Å². The smallest absolute Gasteiger partial charge is 0.382 e. The lowest BCUT2D eigenvalue weighted by molar-refractivity contribution is -0.207. The molecule has 1 fully saturated rings. The second-order valence-corrected chi connectivity index (χ2v) is 9.85. The van der Waals surface area contributed by atoms with Gasteiger partial charge in [0, 0.05) is 23.7 Å². The number of hydrogen-bond acceptors (Lipinski definition) is 6. The second-order valence-electron chi connectivity index (χ2n) is 9.41. The van der Waals surface area contributed by atoms with Gasteiger partial charge in [-0.05, 0) is 55.7 Å². The zero-order valence-corrected chi connectivity index (χ0v) is 21.9. The molecule has 10 nitrogen and oxygen atoms in total. The number of carbonyl (C=O) groups is 1. The van der Waals surface area contributed by atoms with Crippen molar-refractivity contribution >= 4 is 17.5 Å². The first kappa shape index (κ1) is 27.6. The number of aromatic nitrogens is 6. The van der Waals surface area contributed by atoms with Crippen molar-refractivity contribution in [1.29, 1.82) is 0 Å². The maximum absolute atomic E-state index is 13.2. The zero-order valence-electron chi connectivity index (χ0n) is 21.1. The quantitative estimate of drug-likeness (QED) is 0.361. The molecule has 1 amide bonds. The number of rotatable bonds is 7. The highest BCUT2D eigenvalue weighted by atomic mass is 35.5. The number of para-hydroxylation sites is 1. The van der Waals surface area contributed by atoms with Crippen LogP contribution in [0.5, 0.6) is 0 Å². The first-order valence-electron chi connectivity index (χ1n) is 12.6. The van der Waals surface area contributed by atoms with E-state index in [1.165, 1.54) is 35.3 Å². The lowest BCUT2D eigenvalue weighted by Gasteiger charge is -2.27. The normalized spacial score (nSPS) is 14.9. The molecule has 4 aromatic rings. The summed E-state index contributed by atoms with van der Waals surface area (Å²) in [4.78, 5) is 32.4. The van der Waals surface area contributed by atoms with E-state index >= 15 is 0 Å². The van der Waals surface area contributed by atoms with E-state index in [1.54, 1.807) is 29.2 Å². The Morgan fingerprint density at radius 2 is 1.73 bits per heavy atom. The molecule has 1 aliphatic heterocycles. The van der Waals surface area contributed by atoms with Crippen molar-refractivity contribution < 1.29 is 23.1 Å². The lowest BCUT2D eigenvalue weighted by Crippen LogP contribution is -2.37. The van der Waals surface area contributed by atoms with Gasteiger partial charge < -0.3 is 10.0 Å². The predicted molar refractivity (Wildman–Crippen MR) is 139 cm³/mol. The van der Waals surface area contributed by atoms with Crippen LogP contribution in [0.2, 0.25) is 5.02 Å². The van der Waals surface area contributed by atoms with Gasteiger partial charge in [0.15, 0.2) is 17.8 Å². The SMILES string of the molecule is O=C(c1ccccc1-n1cnc(Cn2nc(-c3ccc(Cl)cc3)n(C[C@H](O)C(F)(F)F)c2=O)n1)N1CCCCC1. The Kier molecular flexibility index (Phi) is 7.76. The van der Waals surface area contributed by atoms with Gasteiger partial charge in [0.2, 0.25) is 0 Å². The molecule has 1 aliphatic rings. The molecule has 5 rings (SSSR count). The predicted octanol–water partition coefficient (Wildman–Crippen LogP) is 3.54. The maximum atomic E-state index is 13.2. The van der Waals surface area contributed by atoms with E-state index in [2.05, 4.69) is 15.2 Å². The van der Waals surface area contributed by atoms with E-state index in [-0.39, 0.29) is 24.1 Å². The summed E-state index contributed by atoms with van der Waals surface area (Å²) in [6.07, 6.45) is -3.34. The van der Waals surface area contributed by atoms with Crippen LogP contribution in [0.3, 0.4) is 0 Å². The van der Waals surface area contributed by atoms with E-state index in [1.807, 2.05) is 0 Å². The molecule has 14 heteroatoms. The van der Waals surface area contributed by atoms with Crippen molar-refractivity contribution in [2.45, 2.75) is 44.6 Å². The van der Waals surface area contributed by atoms with Crippen molar-refractivity contribution in [3.8, 4) is 17.1 Å². The van der Waals surface area contributed by atoms with Crippen LogP contribution in [-0.2, 0) is 13.1 Å². The number of likely N-dealkylation sites (tertiary alicyclic amines) is 1. The number of aliphatic hydroxyl groups excluding tert-OH is 1. The Bertz CT molecular complexity index is 1560. The third-order valence-corrected chi connectivity index (χ3v) is 6.87. The minimum Gasteiger partial charge on any atom is -0.382 e. The highest BCUT2D eigenvalue weighted by molar-refractivity contribution is 6.30. The van der Waals surface area contributed by atoms with Gasteiger partial charge in [-0.3, -0.25) is 9.36 Å². The summed E-state index contributed by atoms with van der Waals surface area (Å²) in [6, 6.07) is 13.0. The molecule has 1 N–H and O–H groups in total. The average Bonchev–Trinajstić information content (AvgIpc) is 3.53. The molecule has 2 aromatic heterocycles. The number of hydrogen-bond donors (Lipinski definition) is 1. The molecule has 2 aromatic carbocycles. The third-order valence-electron chi connectivity index (χ3n) is 6.61. The summed E-state index contributed by atoms with van der Waals surface area (Å²) in [5.41, 5.74) is 0.404. The fraction of sp³-hybridized carbons (Fsp3) is 0.346. The van der Waals surface area contributed by atoms with Gasteiger partial charge in [-0.15, -0.1) is 10.2 Å². The molecule has 210 valence electrons. The Morgan fingerprint density at radius 3 is 2.42 bits per heavy atom. The molecule has 0 spiro atoms. The summed E-state index contributed by atoms with van der Waals surface area (Å²) >= 11 is 5.93. The van der Waals surface area contributed by atoms with Crippen molar-refractivity contribution in [3.63, 3.8) is 0 Å². The van der Waals surface area contributed by atoms with Crippen LogP contribution in [-0.4, -0.2) is 70.4 Å². The minimum absolute atomic E-state index is 0.0816. The zero-order chi connectivity index (χ0) is 28.4. The summed E-state index contributed by atoms with van der Waals surface area (Å²) < 4.78 is 42.5. The molecular formula is C26H25ClF3N7O3. The number of amides is 1. The highest BCUT2D eigenvalue weighted by Gasteiger charge is 2.39. The first-order valence-corrected chi connectivity index (χ1v) is 13.0. The van der Waals surface area contributed by atoms with Crippen LogP contribution in [0.25, 0.3) is 17.1 Å². The first-order chi connectivity index (χ1) is 19.1. The second kappa shape index (κ2) is 11.3. The lowest BCUT2D eigenvalue weighted by atomic mass is 10.1. The van der Waals surface area contributed by atoms with Crippen molar-refractivity contribution in [3.05, 3.63) is 81.8 Å². The number of piperidine rings is 1. The van der Waals surface area contributed by atoms with Gasteiger partial charge in [-0.1, -0.05) is 23.7 Å². The number of carbonyl (C=O) groups excluding carboxylic acids is 1. The van der Waals surface area contributed by atoms with Gasteiger partial charge in [-0.2, -0.15) is 13.2 Å². The molecule has 0 saturated carbocycles. The van der Waals surface area contributed by atoms with E-state index in [0.717, 1.165) is 28.5 Å².